The minimum atomic E-state index is -3.64. The van der Waals surface area contributed by atoms with Crippen LogP contribution in [0.1, 0.15) is 24.8 Å². The van der Waals surface area contributed by atoms with Gasteiger partial charge in [-0.3, -0.25) is 4.31 Å². The Morgan fingerprint density at radius 3 is 2.71 bits per heavy atom. The van der Waals surface area contributed by atoms with E-state index in [2.05, 4.69) is 10.6 Å². The quantitative estimate of drug-likeness (QED) is 0.806. The maximum absolute atomic E-state index is 13.4. The van der Waals surface area contributed by atoms with E-state index in [1.54, 1.807) is 29.6 Å². The van der Waals surface area contributed by atoms with Crippen molar-refractivity contribution < 1.29 is 13.2 Å². The fourth-order valence-electron chi connectivity index (χ4n) is 4.02. The van der Waals surface area contributed by atoms with Crippen LogP contribution >= 0.6 is 0 Å². The second-order valence-corrected chi connectivity index (χ2v) is 9.20. The number of rotatable bonds is 5. The van der Waals surface area contributed by atoms with Crippen LogP contribution in [0.15, 0.2) is 47.4 Å². The lowest BCUT2D eigenvalue weighted by atomic mass is 10.0. The van der Waals surface area contributed by atoms with Crippen molar-refractivity contribution in [2.24, 2.45) is 0 Å². The molecule has 2 aromatic carbocycles. The van der Waals surface area contributed by atoms with Crippen LogP contribution in [0.5, 0.6) is 5.75 Å². The number of aryl methyl sites for hydroxylation is 1. The van der Waals surface area contributed by atoms with Gasteiger partial charge in [-0.25, -0.2) is 8.42 Å². The van der Waals surface area contributed by atoms with Gasteiger partial charge in [-0.05, 0) is 68.6 Å². The van der Waals surface area contributed by atoms with Crippen molar-refractivity contribution in [3.05, 3.63) is 48.0 Å². The number of hydrogen-bond donors (Lipinski definition) is 2. The molecule has 2 N–H and O–H groups in total. The summed E-state index contributed by atoms with van der Waals surface area (Å²) in [5.74, 6) is 0.663. The van der Waals surface area contributed by atoms with E-state index in [1.807, 2.05) is 24.3 Å². The third-order valence-corrected chi connectivity index (χ3v) is 7.33. The topological polar surface area (TPSA) is 70.7 Å². The van der Waals surface area contributed by atoms with Crippen LogP contribution in [0.4, 0.5) is 11.4 Å². The van der Waals surface area contributed by atoms with Crippen molar-refractivity contribution in [3.8, 4) is 5.75 Å². The first-order chi connectivity index (χ1) is 13.6. The van der Waals surface area contributed by atoms with E-state index in [4.69, 9.17) is 4.74 Å². The lowest BCUT2D eigenvalue weighted by molar-refractivity contribution is 0.413. The summed E-state index contributed by atoms with van der Waals surface area (Å²) in [7, 11) is -2.03. The molecule has 0 aromatic heterocycles. The summed E-state index contributed by atoms with van der Waals surface area (Å²) in [6.45, 7) is 2.42. The van der Waals surface area contributed by atoms with Crippen molar-refractivity contribution in [3.63, 3.8) is 0 Å². The predicted molar refractivity (Wildman–Crippen MR) is 112 cm³/mol. The number of ether oxygens (including phenoxy) is 1. The van der Waals surface area contributed by atoms with Crippen LogP contribution in [0, 0.1) is 0 Å². The molecule has 0 aliphatic carbocycles. The summed E-state index contributed by atoms with van der Waals surface area (Å²) in [6.07, 6.45) is 3.74. The number of piperidine rings is 1. The Morgan fingerprint density at radius 2 is 1.93 bits per heavy atom. The monoisotopic (exact) mass is 401 g/mol. The van der Waals surface area contributed by atoms with E-state index < -0.39 is 10.0 Å². The van der Waals surface area contributed by atoms with Gasteiger partial charge in [0.1, 0.15) is 5.75 Å². The molecule has 0 atom stereocenters. The number of sulfonamides is 1. The number of nitrogens with zero attached hydrogens (tertiary/aromatic N) is 1. The number of fused-ring (bicyclic) bond motifs is 1. The van der Waals surface area contributed by atoms with Crippen molar-refractivity contribution >= 4 is 21.4 Å². The molecule has 7 heteroatoms. The zero-order chi connectivity index (χ0) is 19.6. The van der Waals surface area contributed by atoms with E-state index in [0.29, 0.717) is 23.2 Å². The van der Waals surface area contributed by atoms with Gasteiger partial charge in [0.05, 0.1) is 23.4 Å². The highest BCUT2D eigenvalue weighted by Crippen LogP contribution is 2.35. The Hall–Kier alpha value is -2.25. The number of hydrogen-bond acceptors (Lipinski definition) is 5. The van der Waals surface area contributed by atoms with E-state index in [0.717, 1.165) is 55.7 Å². The third-order valence-electron chi connectivity index (χ3n) is 5.53. The smallest absolute Gasteiger partial charge is 0.264 e. The number of methoxy groups -OCH3 is 1. The van der Waals surface area contributed by atoms with E-state index in [-0.39, 0.29) is 0 Å². The van der Waals surface area contributed by atoms with Crippen LogP contribution in [-0.2, 0) is 16.4 Å². The predicted octanol–water partition coefficient (Wildman–Crippen LogP) is 3.00. The van der Waals surface area contributed by atoms with Crippen molar-refractivity contribution in [1.82, 2.24) is 5.32 Å². The summed E-state index contributed by atoms with van der Waals surface area (Å²) in [6, 6.07) is 13.2. The van der Waals surface area contributed by atoms with Crippen LogP contribution in [-0.4, -0.2) is 41.2 Å². The molecule has 4 rings (SSSR count). The maximum atomic E-state index is 13.4. The van der Waals surface area contributed by atoms with Gasteiger partial charge in [0.25, 0.3) is 10.0 Å². The molecular formula is C21H27N3O3S. The molecule has 0 bridgehead atoms. The molecule has 2 aliphatic rings. The second kappa shape index (κ2) is 8.01. The second-order valence-electron chi connectivity index (χ2n) is 7.34. The first kappa shape index (κ1) is 19.1. The molecule has 0 unspecified atom stereocenters. The van der Waals surface area contributed by atoms with Gasteiger partial charge in [-0.15, -0.1) is 0 Å². The fourth-order valence-corrected chi connectivity index (χ4v) is 5.59. The SMILES string of the molecule is COc1ccc(S(=O)(=O)N2CCCc3ccccc32)cc1NC1CCNCC1. The number of anilines is 2. The van der Waals surface area contributed by atoms with Gasteiger partial charge in [0.2, 0.25) is 0 Å². The molecule has 0 spiro atoms. The fraction of sp³-hybridized carbons (Fsp3) is 0.429. The van der Waals surface area contributed by atoms with Gasteiger partial charge in [-0.2, -0.15) is 0 Å². The van der Waals surface area contributed by atoms with Crippen LogP contribution < -0.4 is 19.7 Å². The maximum Gasteiger partial charge on any atom is 0.264 e. The zero-order valence-corrected chi connectivity index (χ0v) is 17.0. The average molecular weight is 402 g/mol. The molecule has 150 valence electrons. The summed E-state index contributed by atoms with van der Waals surface area (Å²) >= 11 is 0. The van der Waals surface area contributed by atoms with E-state index in [1.165, 1.54) is 0 Å². The third kappa shape index (κ3) is 3.69. The van der Waals surface area contributed by atoms with Crippen LogP contribution in [0.25, 0.3) is 0 Å². The highest BCUT2D eigenvalue weighted by Gasteiger charge is 2.29. The number of para-hydroxylation sites is 1. The van der Waals surface area contributed by atoms with Crippen LogP contribution in [0.3, 0.4) is 0 Å². The molecule has 2 aromatic rings. The average Bonchev–Trinajstić information content (AvgIpc) is 2.74. The lowest BCUT2D eigenvalue weighted by Crippen LogP contribution is -2.36. The van der Waals surface area contributed by atoms with E-state index >= 15 is 0 Å². The van der Waals surface area contributed by atoms with Crippen molar-refractivity contribution in [1.29, 1.82) is 0 Å². The largest absolute Gasteiger partial charge is 0.495 e. The molecule has 2 heterocycles. The molecule has 1 fully saturated rings. The first-order valence-corrected chi connectivity index (χ1v) is 11.3. The minimum absolute atomic E-state index is 0.293. The normalized spacial score (nSPS) is 17.8. The first-order valence-electron chi connectivity index (χ1n) is 9.85. The van der Waals surface area contributed by atoms with Crippen LogP contribution in [0.2, 0.25) is 0 Å². The molecule has 2 aliphatic heterocycles. The minimum Gasteiger partial charge on any atom is -0.495 e. The summed E-state index contributed by atoms with van der Waals surface area (Å²) in [5.41, 5.74) is 2.61. The Balaban J connectivity index is 1.67. The van der Waals surface area contributed by atoms with Crippen molar-refractivity contribution in [2.75, 3.05) is 36.4 Å². The molecule has 0 radical (unpaired) electrons. The Kier molecular flexibility index (Phi) is 5.46. The van der Waals surface area contributed by atoms with Gasteiger partial charge >= 0.3 is 0 Å². The standard InChI is InChI=1S/C21H27N3O3S/c1-27-21-9-8-18(15-19(21)23-17-10-12-22-13-11-17)28(25,26)24-14-4-6-16-5-2-3-7-20(16)24/h2-3,5,7-9,15,17,22-23H,4,6,10-14H2,1H3. The number of benzene rings is 2. The molecular weight excluding hydrogens is 374 g/mol. The molecule has 6 nitrogen and oxygen atoms in total. The number of nitrogens with one attached hydrogen (secondary N) is 2. The Bertz CT molecular complexity index is 940. The molecule has 1 saturated heterocycles. The molecule has 28 heavy (non-hydrogen) atoms. The molecule has 0 saturated carbocycles. The van der Waals surface area contributed by atoms with Gasteiger partial charge in [0, 0.05) is 12.6 Å². The Morgan fingerprint density at radius 1 is 1.14 bits per heavy atom. The molecule has 0 amide bonds. The summed E-state index contributed by atoms with van der Waals surface area (Å²) in [4.78, 5) is 0.293. The van der Waals surface area contributed by atoms with Gasteiger partial charge in [0.15, 0.2) is 0 Å². The summed E-state index contributed by atoms with van der Waals surface area (Å²) < 4.78 is 33.9. The highest BCUT2D eigenvalue weighted by molar-refractivity contribution is 7.92. The highest BCUT2D eigenvalue weighted by atomic mass is 32.2. The zero-order valence-electron chi connectivity index (χ0n) is 16.1. The van der Waals surface area contributed by atoms with Crippen molar-refractivity contribution in [2.45, 2.75) is 36.6 Å². The Labute approximate surface area is 166 Å². The lowest BCUT2D eigenvalue weighted by Gasteiger charge is -2.31. The van der Waals surface area contributed by atoms with Gasteiger partial charge < -0.3 is 15.4 Å². The van der Waals surface area contributed by atoms with E-state index in [9.17, 15) is 8.42 Å². The van der Waals surface area contributed by atoms with Gasteiger partial charge in [-0.1, -0.05) is 18.2 Å². The summed E-state index contributed by atoms with van der Waals surface area (Å²) in [5, 5.41) is 6.83.